The van der Waals surface area contributed by atoms with Gasteiger partial charge in [0.15, 0.2) is 0 Å². The first-order valence-corrected chi connectivity index (χ1v) is 6.19. The van der Waals surface area contributed by atoms with E-state index in [4.69, 9.17) is 5.21 Å². The highest BCUT2D eigenvalue weighted by Crippen LogP contribution is 2.18. The van der Waals surface area contributed by atoms with Gasteiger partial charge in [0.1, 0.15) is 5.71 Å². The number of rotatable bonds is 3. The molecule has 0 radical (unpaired) electrons. The topological polar surface area (TPSA) is 75.7 Å². The highest BCUT2D eigenvalue weighted by Gasteiger charge is 2.30. The number of carbonyl (C=O) groups excluding carboxylic acids is 1. The van der Waals surface area contributed by atoms with Crippen LogP contribution in [0.3, 0.4) is 0 Å². The molecular formula is C11H12N2O3S. The largest absolute Gasteiger partial charge is 0.623 e. The molecule has 0 amide bonds. The maximum absolute atomic E-state index is 11.8. The van der Waals surface area contributed by atoms with Crippen LogP contribution in [-0.4, -0.2) is 33.7 Å². The van der Waals surface area contributed by atoms with Crippen LogP contribution >= 0.6 is 11.3 Å². The third kappa shape index (κ3) is 2.52. The molecule has 1 fully saturated rings. The van der Waals surface area contributed by atoms with Crippen molar-refractivity contribution in [1.82, 2.24) is 0 Å². The highest BCUT2D eigenvalue weighted by molar-refractivity contribution is 7.12. The maximum atomic E-state index is 11.8. The second-order valence-corrected chi connectivity index (χ2v) is 4.78. The first-order chi connectivity index (χ1) is 8.22. The summed E-state index contributed by atoms with van der Waals surface area (Å²) in [5.74, 6) is -0.306. The molecule has 0 aromatic carbocycles. The van der Waals surface area contributed by atoms with E-state index >= 15 is 0 Å². The quantitative estimate of drug-likeness (QED) is 0.223. The monoisotopic (exact) mass is 252 g/mol. The number of nitrogens with zero attached hydrogens (tertiary/aromatic N) is 2. The smallest absolute Gasteiger partial charge is 0.259 e. The fraction of sp³-hybridized carbons (Fsp3) is 0.364. The summed E-state index contributed by atoms with van der Waals surface area (Å²) in [6.45, 7) is 0. The molecule has 2 rings (SSSR count). The summed E-state index contributed by atoms with van der Waals surface area (Å²) in [4.78, 5) is 12.2. The Kier molecular flexibility index (Phi) is 3.53. The lowest BCUT2D eigenvalue weighted by Crippen LogP contribution is -2.28. The van der Waals surface area contributed by atoms with Gasteiger partial charge in [-0.05, 0) is 24.3 Å². The number of hydrogen-bond acceptors (Lipinski definition) is 5. The Morgan fingerprint density at radius 2 is 2.53 bits per heavy atom. The molecule has 1 aromatic heterocycles. The Bertz CT molecular complexity index is 465. The van der Waals surface area contributed by atoms with E-state index in [1.54, 1.807) is 17.5 Å². The molecule has 1 N–H and O–H groups in total. The van der Waals surface area contributed by atoms with E-state index in [-0.39, 0.29) is 5.78 Å². The molecule has 5 nitrogen and oxygen atoms in total. The predicted octanol–water partition coefficient (Wildman–Crippen LogP) is 1.89. The number of hydrogen-bond donors (Lipinski definition) is 1. The van der Waals surface area contributed by atoms with Gasteiger partial charge in [0, 0.05) is 6.42 Å². The average Bonchev–Trinajstić information content (AvgIpc) is 2.99. The second-order valence-electron chi connectivity index (χ2n) is 3.83. The predicted molar refractivity (Wildman–Crippen MR) is 65.2 cm³/mol. The molecule has 0 bridgehead atoms. The first kappa shape index (κ1) is 11.8. The fourth-order valence-corrected chi connectivity index (χ4v) is 2.52. The van der Waals surface area contributed by atoms with E-state index in [2.05, 4.69) is 5.16 Å². The lowest BCUT2D eigenvalue weighted by Gasteiger charge is -2.10. The van der Waals surface area contributed by atoms with Gasteiger partial charge in [-0.1, -0.05) is 11.2 Å². The zero-order valence-electron chi connectivity index (χ0n) is 9.07. The Morgan fingerprint density at radius 1 is 1.71 bits per heavy atom. The minimum Gasteiger partial charge on any atom is -0.623 e. The van der Waals surface area contributed by atoms with Gasteiger partial charge in [-0.25, -0.2) is 0 Å². The normalized spacial score (nSPS) is 23.2. The van der Waals surface area contributed by atoms with Crippen molar-refractivity contribution in [3.63, 3.8) is 0 Å². The van der Waals surface area contributed by atoms with Crippen LogP contribution in [0.25, 0.3) is 0 Å². The summed E-state index contributed by atoms with van der Waals surface area (Å²) in [6.07, 6.45) is 3.08. The standard InChI is InChI=1S/C11H12N2O3S/c14-10(11-5-2-6-17-11)7-13(16)9-4-1-3-8(9)12-15/h2,5-7,9,15H,1,3-4H2/b12-8+,13-7-/t9-/m0/s1. The summed E-state index contributed by atoms with van der Waals surface area (Å²) < 4.78 is 0.601. The van der Waals surface area contributed by atoms with Crippen LogP contribution in [-0.2, 0) is 0 Å². The molecule has 1 aliphatic rings. The summed E-state index contributed by atoms with van der Waals surface area (Å²) in [5, 5.41) is 25.4. The van der Waals surface area contributed by atoms with Crippen molar-refractivity contribution in [1.29, 1.82) is 0 Å². The lowest BCUT2D eigenvalue weighted by molar-refractivity contribution is -0.474. The van der Waals surface area contributed by atoms with Gasteiger partial charge in [0.25, 0.3) is 5.78 Å². The van der Waals surface area contributed by atoms with Gasteiger partial charge in [-0.2, -0.15) is 4.74 Å². The van der Waals surface area contributed by atoms with Gasteiger partial charge in [-0.3, -0.25) is 4.79 Å². The minimum absolute atomic E-state index is 0.306. The zero-order valence-corrected chi connectivity index (χ0v) is 9.89. The summed E-state index contributed by atoms with van der Waals surface area (Å²) in [7, 11) is 0. The molecule has 1 atom stereocenters. The third-order valence-electron chi connectivity index (χ3n) is 2.74. The first-order valence-electron chi connectivity index (χ1n) is 5.31. The van der Waals surface area contributed by atoms with Gasteiger partial charge in [-0.15, -0.1) is 11.3 Å². The molecular weight excluding hydrogens is 240 g/mol. The molecule has 90 valence electrons. The van der Waals surface area contributed by atoms with Gasteiger partial charge < -0.3 is 10.4 Å². The number of oxime groups is 1. The summed E-state index contributed by atoms with van der Waals surface area (Å²) in [5.41, 5.74) is 0.454. The van der Waals surface area contributed by atoms with E-state index in [0.29, 0.717) is 28.2 Å². The van der Waals surface area contributed by atoms with Crippen molar-refractivity contribution in [2.45, 2.75) is 25.3 Å². The van der Waals surface area contributed by atoms with E-state index in [0.717, 1.165) is 12.6 Å². The summed E-state index contributed by atoms with van der Waals surface area (Å²) >= 11 is 1.30. The van der Waals surface area contributed by atoms with E-state index < -0.39 is 6.04 Å². The van der Waals surface area contributed by atoms with E-state index in [1.165, 1.54) is 11.3 Å². The highest BCUT2D eigenvalue weighted by atomic mass is 32.1. The molecule has 1 heterocycles. The molecule has 0 spiro atoms. The molecule has 0 saturated heterocycles. The number of carbonyl (C=O) groups is 1. The van der Waals surface area contributed by atoms with Crippen LogP contribution < -0.4 is 0 Å². The van der Waals surface area contributed by atoms with Crippen LogP contribution in [0, 0.1) is 5.21 Å². The van der Waals surface area contributed by atoms with Crippen LogP contribution in [0.15, 0.2) is 22.7 Å². The minimum atomic E-state index is -0.496. The molecule has 6 heteroatoms. The molecule has 0 aliphatic heterocycles. The van der Waals surface area contributed by atoms with Gasteiger partial charge >= 0.3 is 0 Å². The Labute approximate surface area is 102 Å². The van der Waals surface area contributed by atoms with Crippen LogP contribution in [0.5, 0.6) is 0 Å². The lowest BCUT2D eigenvalue weighted by atomic mass is 10.2. The van der Waals surface area contributed by atoms with Crippen LogP contribution in [0.2, 0.25) is 0 Å². The third-order valence-corrected chi connectivity index (χ3v) is 3.62. The Balaban J connectivity index is 2.14. The van der Waals surface area contributed by atoms with E-state index in [1.807, 2.05) is 0 Å². The number of ketones is 1. The molecule has 1 aromatic rings. The van der Waals surface area contributed by atoms with Crippen molar-refractivity contribution in [3.8, 4) is 0 Å². The van der Waals surface area contributed by atoms with Crippen molar-refractivity contribution in [3.05, 3.63) is 27.6 Å². The number of hydroxylamine groups is 1. The molecule has 1 saturated carbocycles. The molecule has 1 aliphatic carbocycles. The molecule has 17 heavy (non-hydrogen) atoms. The van der Waals surface area contributed by atoms with Gasteiger partial charge in [0.05, 0.1) is 4.88 Å². The number of Topliss-reactive ketones (excluding diaryl/α,β-unsaturated/α-hetero) is 1. The number of thiophene rings is 1. The van der Waals surface area contributed by atoms with Crippen molar-refractivity contribution in [2.75, 3.05) is 0 Å². The molecule has 0 unspecified atom stereocenters. The van der Waals surface area contributed by atoms with Crippen molar-refractivity contribution < 1.29 is 14.7 Å². The van der Waals surface area contributed by atoms with E-state index in [9.17, 15) is 10.0 Å². The summed E-state index contributed by atoms with van der Waals surface area (Å²) in [6, 6.07) is 2.94. The maximum Gasteiger partial charge on any atom is 0.259 e. The SMILES string of the molecule is O=C(/C=[N+](\[O-])[C@H]1CCC/C1=N\O)c1cccs1. The second kappa shape index (κ2) is 5.09. The van der Waals surface area contributed by atoms with Crippen LogP contribution in [0.4, 0.5) is 0 Å². The average molecular weight is 252 g/mol. The van der Waals surface area contributed by atoms with Crippen molar-refractivity contribution >= 4 is 29.0 Å². The zero-order chi connectivity index (χ0) is 12.3. The Hall–Kier alpha value is -1.69. The fourth-order valence-electron chi connectivity index (χ4n) is 1.89. The Morgan fingerprint density at radius 3 is 3.18 bits per heavy atom. The van der Waals surface area contributed by atoms with Gasteiger partial charge in [0.2, 0.25) is 12.3 Å². The van der Waals surface area contributed by atoms with Crippen molar-refractivity contribution in [2.24, 2.45) is 5.16 Å². The van der Waals surface area contributed by atoms with Crippen LogP contribution in [0.1, 0.15) is 28.9 Å².